The first-order valence-electron chi connectivity index (χ1n) is 18.3. The highest BCUT2D eigenvalue weighted by Gasteiger charge is 2.22. The van der Waals surface area contributed by atoms with Gasteiger partial charge in [0.2, 0.25) is 0 Å². The molecule has 0 spiro atoms. The Bertz CT molecular complexity index is 848. The largest absolute Gasteiger partial charge is 0.469 e. The second-order valence-corrected chi connectivity index (χ2v) is 13.4. The number of carbonyl (C=O) groups is 2. The van der Waals surface area contributed by atoms with Gasteiger partial charge in [-0.3, -0.25) is 14.1 Å². The van der Waals surface area contributed by atoms with E-state index in [-0.39, 0.29) is 19.4 Å². The Hall–Kier alpha value is -1.73. The van der Waals surface area contributed by atoms with Gasteiger partial charge in [-0.1, -0.05) is 127 Å². The second kappa shape index (κ2) is 33.2. The Morgan fingerprint density at radius 2 is 1.02 bits per heavy atom. The van der Waals surface area contributed by atoms with Crippen LogP contribution in [0.4, 0.5) is 0 Å². The minimum absolute atomic E-state index is 0.194. The molecule has 8 nitrogen and oxygen atoms in total. The summed E-state index contributed by atoms with van der Waals surface area (Å²) in [5, 5.41) is 0. The molecule has 0 heterocycles. The first kappa shape index (κ1) is 44.3. The van der Waals surface area contributed by atoms with Crippen molar-refractivity contribution in [3.63, 3.8) is 0 Å². The van der Waals surface area contributed by atoms with E-state index in [2.05, 4.69) is 54.8 Å². The Balaban J connectivity index is 4.01. The van der Waals surface area contributed by atoms with E-state index in [4.69, 9.17) is 19.3 Å². The highest BCUT2D eigenvalue weighted by atomic mass is 31.2. The summed E-state index contributed by atoms with van der Waals surface area (Å²) in [5.74, 6) is -0.913. The van der Waals surface area contributed by atoms with Crippen LogP contribution >= 0.6 is 7.82 Å². The van der Waals surface area contributed by atoms with Crippen molar-refractivity contribution in [3.05, 3.63) is 36.5 Å². The number of allylic oxidation sites excluding steroid dienone is 6. The molecule has 0 aliphatic heterocycles. The molecule has 0 aliphatic rings. The molecule has 0 aromatic rings. The lowest BCUT2D eigenvalue weighted by Gasteiger charge is -2.18. The van der Waals surface area contributed by atoms with Gasteiger partial charge in [-0.05, 0) is 64.2 Å². The molecule has 46 heavy (non-hydrogen) atoms. The van der Waals surface area contributed by atoms with Crippen LogP contribution < -0.4 is 0 Å². The number of carbonyl (C=O) groups excluding carboxylic acids is 2. The third-order valence-corrected chi connectivity index (χ3v) is 8.10. The third-order valence-electron chi connectivity index (χ3n) is 7.61. The average molecular weight is 671 g/mol. The normalized spacial score (nSPS) is 12.9. The second-order valence-electron chi connectivity index (χ2n) is 12.2. The highest BCUT2D eigenvalue weighted by Crippen LogP contribution is 2.36. The fourth-order valence-corrected chi connectivity index (χ4v) is 5.24. The van der Waals surface area contributed by atoms with Gasteiger partial charge in [-0.15, -0.1) is 0 Å². The lowest BCUT2D eigenvalue weighted by Crippen LogP contribution is -2.29. The maximum atomic E-state index is 12.3. The standard InChI is InChI=1S/C37H67O8P/c1-3-5-7-9-11-13-15-17-18-20-21-23-25-27-29-31-36(38)43-33-35(34-44-46(40,41)42)45-37(39)32-30-28-26-24-22-19-16-14-12-10-8-6-4-2/h8,10,14,16-18,35H,3-7,9,11-13,15,19-34H2,1-2H3,(H2,40,41,42)/b10-8-,16-14-,18-17-. The third kappa shape index (κ3) is 35.1. The lowest BCUT2D eigenvalue weighted by molar-refractivity contribution is -0.161. The van der Waals surface area contributed by atoms with Crippen LogP contribution in [-0.4, -0.2) is 41.0 Å². The molecule has 0 rings (SSSR count). The number of rotatable bonds is 33. The van der Waals surface area contributed by atoms with Gasteiger partial charge >= 0.3 is 19.8 Å². The maximum Gasteiger partial charge on any atom is 0.469 e. The van der Waals surface area contributed by atoms with E-state index >= 15 is 0 Å². The predicted octanol–water partition coefficient (Wildman–Crippen LogP) is 10.6. The van der Waals surface area contributed by atoms with Gasteiger partial charge in [-0.25, -0.2) is 4.57 Å². The number of phosphoric acid groups is 1. The number of hydrogen-bond donors (Lipinski definition) is 2. The fourth-order valence-electron chi connectivity index (χ4n) is 4.87. The Kier molecular flexibility index (Phi) is 31.9. The van der Waals surface area contributed by atoms with Crippen LogP contribution in [0, 0.1) is 0 Å². The highest BCUT2D eigenvalue weighted by molar-refractivity contribution is 7.46. The van der Waals surface area contributed by atoms with Crippen LogP contribution in [-0.2, 0) is 28.2 Å². The van der Waals surface area contributed by atoms with E-state index in [1.54, 1.807) is 0 Å². The topological polar surface area (TPSA) is 119 Å². The van der Waals surface area contributed by atoms with Gasteiger partial charge in [0.15, 0.2) is 6.10 Å². The first-order valence-corrected chi connectivity index (χ1v) is 19.8. The molecule has 1 atom stereocenters. The van der Waals surface area contributed by atoms with Gasteiger partial charge in [0, 0.05) is 12.8 Å². The lowest BCUT2D eigenvalue weighted by atomic mass is 10.1. The zero-order valence-corrected chi connectivity index (χ0v) is 30.1. The van der Waals surface area contributed by atoms with Crippen LogP contribution in [0.25, 0.3) is 0 Å². The molecule has 0 aromatic heterocycles. The zero-order chi connectivity index (χ0) is 34.0. The minimum Gasteiger partial charge on any atom is -0.462 e. The van der Waals surface area contributed by atoms with E-state index in [1.165, 1.54) is 51.4 Å². The Morgan fingerprint density at radius 1 is 0.565 bits per heavy atom. The maximum absolute atomic E-state index is 12.3. The summed E-state index contributed by atoms with van der Waals surface area (Å²) in [5.41, 5.74) is 0. The van der Waals surface area contributed by atoms with E-state index in [0.29, 0.717) is 12.8 Å². The summed E-state index contributed by atoms with van der Waals surface area (Å²) in [6.07, 6.45) is 37.2. The van der Waals surface area contributed by atoms with Crippen molar-refractivity contribution in [2.24, 2.45) is 0 Å². The van der Waals surface area contributed by atoms with Crippen molar-refractivity contribution in [3.8, 4) is 0 Å². The molecule has 0 saturated carbocycles. The average Bonchev–Trinajstić information content (AvgIpc) is 3.02. The van der Waals surface area contributed by atoms with Crippen LogP contribution in [0.3, 0.4) is 0 Å². The van der Waals surface area contributed by atoms with E-state index < -0.39 is 32.5 Å². The first-order chi connectivity index (χ1) is 22.3. The number of ether oxygens (including phenoxy) is 2. The molecule has 9 heteroatoms. The summed E-state index contributed by atoms with van der Waals surface area (Å²) in [6, 6.07) is 0. The molecular formula is C37H67O8P. The molecule has 0 bridgehead atoms. The zero-order valence-electron chi connectivity index (χ0n) is 29.2. The van der Waals surface area contributed by atoms with E-state index in [0.717, 1.165) is 77.0 Å². The summed E-state index contributed by atoms with van der Waals surface area (Å²) < 4.78 is 26.2. The van der Waals surface area contributed by atoms with Gasteiger partial charge < -0.3 is 19.3 Å². The van der Waals surface area contributed by atoms with Crippen molar-refractivity contribution in [1.29, 1.82) is 0 Å². The molecule has 2 N–H and O–H groups in total. The molecule has 0 aromatic carbocycles. The number of esters is 2. The van der Waals surface area contributed by atoms with E-state index in [9.17, 15) is 14.2 Å². The minimum atomic E-state index is -4.75. The van der Waals surface area contributed by atoms with Crippen molar-refractivity contribution >= 4 is 19.8 Å². The van der Waals surface area contributed by atoms with E-state index in [1.807, 2.05) is 0 Å². The van der Waals surface area contributed by atoms with Crippen LogP contribution in [0.2, 0.25) is 0 Å². The summed E-state index contributed by atoms with van der Waals surface area (Å²) in [4.78, 5) is 42.6. The smallest absolute Gasteiger partial charge is 0.462 e. The molecule has 1 unspecified atom stereocenters. The van der Waals surface area contributed by atoms with Crippen LogP contribution in [0.1, 0.15) is 168 Å². The van der Waals surface area contributed by atoms with Crippen molar-refractivity contribution in [2.75, 3.05) is 13.2 Å². The summed E-state index contributed by atoms with van der Waals surface area (Å²) >= 11 is 0. The van der Waals surface area contributed by atoms with Crippen LogP contribution in [0.5, 0.6) is 0 Å². The molecule has 0 radical (unpaired) electrons. The van der Waals surface area contributed by atoms with Gasteiger partial charge in [0.25, 0.3) is 0 Å². The molecule has 0 amide bonds. The number of hydrogen-bond acceptors (Lipinski definition) is 6. The van der Waals surface area contributed by atoms with Gasteiger partial charge in [0.1, 0.15) is 6.61 Å². The summed E-state index contributed by atoms with van der Waals surface area (Å²) in [7, 11) is -4.75. The SMILES string of the molecule is CCC/C=C\C/C=C\CCCCCCCC(=O)OC(COC(=O)CCCCCCC/C=C\CCCCCCCC)COP(=O)(O)O. The quantitative estimate of drug-likeness (QED) is 0.0306. The van der Waals surface area contributed by atoms with Crippen molar-refractivity contribution in [2.45, 2.75) is 174 Å². The molecule has 0 fully saturated rings. The predicted molar refractivity (Wildman–Crippen MR) is 188 cm³/mol. The molecule has 0 saturated heterocycles. The van der Waals surface area contributed by atoms with Gasteiger partial charge in [-0.2, -0.15) is 0 Å². The van der Waals surface area contributed by atoms with Crippen molar-refractivity contribution < 1.29 is 37.9 Å². The number of unbranched alkanes of at least 4 members (excludes halogenated alkanes) is 17. The molecule has 268 valence electrons. The monoisotopic (exact) mass is 670 g/mol. The van der Waals surface area contributed by atoms with Crippen molar-refractivity contribution in [1.82, 2.24) is 0 Å². The van der Waals surface area contributed by atoms with Gasteiger partial charge in [0.05, 0.1) is 6.61 Å². The Morgan fingerprint density at radius 3 is 1.54 bits per heavy atom. The fraction of sp³-hybridized carbons (Fsp3) is 0.784. The molecule has 0 aliphatic carbocycles. The number of phosphoric ester groups is 1. The molecular weight excluding hydrogens is 603 g/mol. The Labute approximate surface area is 281 Å². The van der Waals surface area contributed by atoms with Crippen LogP contribution in [0.15, 0.2) is 36.5 Å². The summed E-state index contributed by atoms with van der Waals surface area (Å²) in [6.45, 7) is 3.58.